The molecule has 0 spiro atoms. The molecule has 1 aromatic carbocycles. The van der Waals surface area contributed by atoms with Gasteiger partial charge in [0.1, 0.15) is 0 Å². The van der Waals surface area contributed by atoms with Gasteiger partial charge in [-0.25, -0.2) is 13.1 Å². The highest BCUT2D eigenvalue weighted by atomic mass is 32.2. The first-order valence-corrected chi connectivity index (χ1v) is 6.99. The van der Waals surface area contributed by atoms with E-state index in [2.05, 4.69) is 4.72 Å². The third-order valence-electron chi connectivity index (χ3n) is 2.41. The Morgan fingerprint density at radius 1 is 1.44 bits per heavy atom. The van der Waals surface area contributed by atoms with Crippen molar-refractivity contribution in [2.45, 2.75) is 25.7 Å². The van der Waals surface area contributed by atoms with Crippen molar-refractivity contribution >= 4 is 10.0 Å². The maximum absolute atomic E-state index is 11.9. The standard InChI is InChI=1S/C13H16N2O2S/c1-10(2)6-7-15-18(16,17)13-5-4-12(9-14)11(3)8-13/h4-6,8,15H,7H2,1-3H3. The van der Waals surface area contributed by atoms with E-state index in [1.165, 1.54) is 18.2 Å². The van der Waals surface area contributed by atoms with Crippen molar-refractivity contribution in [1.29, 1.82) is 5.26 Å². The highest BCUT2D eigenvalue weighted by Crippen LogP contribution is 2.14. The Labute approximate surface area is 108 Å². The van der Waals surface area contributed by atoms with Gasteiger partial charge in [0, 0.05) is 6.54 Å². The summed E-state index contributed by atoms with van der Waals surface area (Å²) in [5.74, 6) is 0. The average Bonchev–Trinajstić information content (AvgIpc) is 2.28. The number of sulfonamides is 1. The lowest BCUT2D eigenvalue weighted by atomic mass is 10.1. The monoisotopic (exact) mass is 264 g/mol. The van der Waals surface area contributed by atoms with Gasteiger partial charge >= 0.3 is 0 Å². The zero-order chi connectivity index (χ0) is 13.8. The number of nitrogens with zero attached hydrogens (tertiary/aromatic N) is 1. The minimum absolute atomic E-state index is 0.182. The zero-order valence-electron chi connectivity index (χ0n) is 10.7. The summed E-state index contributed by atoms with van der Waals surface area (Å²) in [4.78, 5) is 0.182. The van der Waals surface area contributed by atoms with Crippen molar-refractivity contribution in [2.75, 3.05) is 6.54 Å². The molecule has 18 heavy (non-hydrogen) atoms. The van der Waals surface area contributed by atoms with Gasteiger partial charge in [0.2, 0.25) is 10.0 Å². The van der Waals surface area contributed by atoms with E-state index < -0.39 is 10.0 Å². The highest BCUT2D eigenvalue weighted by Gasteiger charge is 2.13. The number of nitrogens with one attached hydrogen (secondary N) is 1. The number of aryl methyl sites for hydroxylation is 1. The summed E-state index contributed by atoms with van der Waals surface area (Å²) < 4.78 is 26.4. The Morgan fingerprint density at radius 3 is 2.61 bits per heavy atom. The average molecular weight is 264 g/mol. The molecule has 1 rings (SSSR count). The van der Waals surface area contributed by atoms with E-state index in [1.807, 2.05) is 19.9 Å². The van der Waals surface area contributed by atoms with E-state index in [4.69, 9.17) is 5.26 Å². The van der Waals surface area contributed by atoms with Crippen LogP contribution in [0.1, 0.15) is 25.0 Å². The molecule has 0 heterocycles. The fourth-order valence-corrected chi connectivity index (χ4v) is 2.42. The summed E-state index contributed by atoms with van der Waals surface area (Å²) in [6, 6.07) is 6.47. The minimum Gasteiger partial charge on any atom is -0.207 e. The quantitative estimate of drug-likeness (QED) is 0.847. The van der Waals surface area contributed by atoms with Crippen LogP contribution in [0.3, 0.4) is 0 Å². The Hall–Kier alpha value is -1.64. The first-order chi connectivity index (χ1) is 8.36. The van der Waals surface area contributed by atoms with E-state index in [9.17, 15) is 8.42 Å². The second kappa shape index (κ2) is 5.80. The first-order valence-electron chi connectivity index (χ1n) is 5.50. The molecule has 4 nitrogen and oxygen atoms in total. The Kier molecular flexibility index (Phi) is 4.65. The van der Waals surface area contributed by atoms with Crippen LogP contribution in [-0.4, -0.2) is 15.0 Å². The lowest BCUT2D eigenvalue weighted by molar-refractivity contribution is 0.585. The predicted octanol–water partition coefficient (Wildman–Crippen LogP) is 2.11. The molecular weight excluding hydrogens is 248 g/mol. The second-order valence-electron chi connectivity index (χ2n) is 4.22. The van der Waals surface area contributed by atoms with Gasteiger partial charge in [-0.15, -0.1) is 0 Å². The zero-order valence-corrected chi connectivity index (χ0v) is 11.5. The van der Waals surface area contributed by atoms with Crippen LogP contribution in [0.2, 0.25) is 0 Å². The summed E-state index contributed by atoms with van der Waals surface area (Å²) in [7, 11) is -3.51. The van der Waals surface area contributed by atoms with Crippen LogP contribution in [0.4, 0.5) is 0 Å². The lowest BCUT2D eigenvalue weighted by Gasteiger charge is -2.06. The molecular formula is C13H16N2O2S. The maximum atomic E-state index is 11.9. The van der Waals surface area contributed by atoms with Crippen molar-refractivity contribution in [2.24, 2.45) is 0 Å². The highest BCUT2D eigenvalue weighted by molar-refractivity contribution is 7.89. The Balaban J connectivity index is 2.96. The van der Waals surface area contributed by atoms with Gasteiger partial charge in [-0.2, -0.15) is 5.26 Å². The fourth-order valence-electron chi connectivity index (χ4n) is 1.37. The molecule has 0 bridgehead atoms. The van der Waals surface area contributed by atoms with Crippen molar-refractivity contribution in [3.63, 3.8) is 0 Å². The Bertz CT molecular complexity index is 606. The van der Waals surface area contributed by atoms with Gasteiger partial charge in [-0.1, -0.05) is 11.6 Å². The van der Waals surface area contributed by atoms with E-state index >= 15 is 0 Å². The summed E-state index contributed by atoms with van der Waals surface area (Å²) in [5, 5.41) is 8.79. The molecule has 0 fully saturated rings. The summed E-state index contributed by atoms with van der Waals surface area (Å²) in [6.07, 6.45) is 1.80. The van der Waals surface area contributed by atoms with Gasteiger partial charge in [0.05, 0.1) is 16.5 Å². The summed E-state index contributed by atoms with van der Waals surface area (Å²) >= 11 is 0. The lowest BCUT2D eigenvalue weighted by Crippen LogP contribution is -2.24. The number of nitriles is 1. The molecule has 0 atom stereocenters. The van der Waals surface area contributed by atoms with Crippen molar-refractivity contribution in [1.82, 2.24) is 4.72 Å². The van der Waals surface area contributed by atoms with Gasteiger partial charge in [-0.05, 0) is 44.5 Å². The first kappa shape index (κ1) is 14.4. The SMILES string of the molecule is CC(C)=CCNS(=O)(=O)c1ccc(C#N)c(C)c1. The predicted molar refractivity (Wildman–Crippen MR) is 70.5 cm³/mol. The smallest absolute Gasteiger partial charge is 0.207 e. The van der Waals surface area contributed by atoms with E-state index in [0.29, 0.717) is 11.1 Å². The molecule has 0 aliphatic heterocycles. The molecule has 0 aliphatic carbocycles. The maximum Gasteiger partial charge on any atom is 0.240 e. The molecule has 0 saturated carbocycles. The van der Waals surface area contributed by atoms with Crippen LogP contribution >= 0.6 is 0 Å². The van der Waals surface area contributed by atoms with E-state index in [1.54, 1.807) is 13.0 Å². The van der Waals surface area contributed by atoms with Gasteiger partial charge in [0.15, 0.2) is 0 Å². The summed E-state index contributed by atoms with van der Waals surface area (Å²) in [5.41, 5.74) is 2.19. The molecule has 0 amide bonds. The largest absolute Gasteiger partial charge is 0.240 e. The number of hydrogen-bond acceptors (Lipinski definition) is 3. The van der Waals surface area contributed by atoms with Crippen molar-refractivity contribution in [3.05, 3.63) is 41.0 Å². The van der Waals surface area contributed by atoms with E-state index in [-0.39, 0.29) is 11.4 Å². The molecule has 1 N–H and O–H groups in total. The Morgan fingerprint density at radius 2 is 2.11 bits per heavy atom. The van der Waals surface area contributed by atoms with Crippen molar-refractivity contribution in [3.8, 4) is 6.07 Å². The number of benzene rings is 1. The molecule has 0 aromatic heterocycles. The van der Waals surface area contributed by atoms with Gasteiger partial charge in [0.25, 0.3) is 0 Å². The molecule has 96 valence electrons. The molecule has 1 aromatic rings. The topological polar surface area (TPSA) is 70.0 Å². The van der Waals surface area contributed by atoms with Crippen LogP contribution < -0.4 is 4.72 Å². The van der Waals surface area contributed by atoms with Gasteiger partial charge < -0.3 is 0 Å². The van der Waals surface area contributed by atoms with Crippen LogP contribution in [0, 0.1) is 18.3 Å². The second-order valence-corrected chi connectivity index (χ2v) is 5.99. The molecule has 0 aliphatic rings. The fraction of sp³-hybridized carbons (Fsp3) is 0.308. The van der Waals surface area contributed by atoms with Crippen LogP contribution in [0.25, 0.3) is 0 Å². The number of allylic oxidation sites excluding steroid dienone is 1. The normalized spacial score (nSPS) is 10.8. The molecule has 0 saturated heterocycles. The van der Waals surface area contributed by atoms with Crippen molar-refractivity contribution < 1.29 is 8.42 Å². The van der Waals surface area contributed by atoms with Gasteiger partial charge in [-0.3, -0.25) is 0 Å². The third-order valence-corrected chi connectivity index (χ3v) is 3.83. The summed E-state index contributed by atoms with van der Waals surface area (Å²) in [6.45, 7) is 5.79. The molecule has 0 radical (unpaired) electrons. The van der Waals surface area contributed by atoms with E-state index in [0.717, 1.165) is 5.57 Å². The number of hydrogen-bond donors (Lipinski definition) is 1. The number of rotatable bonds is 4. The van der Waals surface area contributed by atoms with Crippen LogP contribution in [0.15, 0.2) is 34.7 Å². The minimum atomic E-state index is -3.51. The third kappa shape index (κ3) is 3.69. The molecule has 5 heteroatoms. The molecule has 0 unspecified atom stereocenters. The van der Waals surface area contributed by atoms with Crippen LogP contribution in [-0.2, 0) is 10.0 Å². The van der Waals surface area contributed by atoms with Crippen LogP contribution in [0.5, 0.6) is 0 Å².